The minimum absolute atomic E-state index is 0. The van der Waals surface area contributed by atoms with E-state index in [0.29, 0.717) is 6.54 Å². The van der Waals surface area contributed by atoms with E-state index in [-0.39, 0.29) is 23.7 Å². The van der Waals surface area contributed by atoms with E-state index >= 15 is 0 Å². The number of hydrogen-bond acceptors (Lipinski definition) is 2. The Balaban J connectivity index is 0.00000180. The molecule has 0 aliphatic heterocycles. The smallest absolute Gasteiger partial charge is 0.231 e. The van der Waals surface area contributed by atoms with Crippen molar-refractivity contribution >= 4 is 24.0 Å². The van der Waals surface area contributed by atoms with Gasteiger partial charge in [-0.05, 0) is 43.9 Å². The fraction of sp³-hybridized carbons (Fsp3) is 0.533. The van der Waals surface area contributed by atoms with Gasteiger partial charge in [0.1, 0.15) is 0 Å². The number of carbonyl (C=O) groups is 1. The average molecular weight is 283 g/mol. The molecule has 4 heteroatoms. The van der Waals surface area contributed by atoms with Crippen molar-refractivity contribution in [2.45, 2.75) is 39.5 Å². The topological polar surface area (TPSA) is 55.1 Å². The number of benzene rings is 1. The van der Waals surface area contributed by atoms with E-state index in [1.54, 1.807) is 0 Å². The van der Waals surface area contributed by atoms with Crippen LogP contribution in [-0.4, -0.2) is 12.5 Å². The van der Waals surface area contributed by atoms with Crippen molar-refractivity contribution in [3.8, 4) is 0 Å². The number of hydrogen-bond donors (Lipinski definition) is 2. The maximum absolute atomic E-state index is 12.4. The normalized spacial score (nSPS) is 16.8. The molecule has 1 amide bonds. The third-order valence-corrected chi connectivity index (χ3v) is 4.07. The number of nitrogens with one attached hydrogen (secondary N) is 1. The molecule has 0 spiro atoms. The van der Waals surface area contributed by atoms with Crippen molar-refractivity contribution in [1.82, 2.24) is 0 Å². The molecular formula is C15H23ClN2O. The largest absolute Gasteiger partial charge is 0.329 e. The van der Waals surface area contributed by atoms with Crippen LogP contribution in [0.25, 0.3) is 0 Å². The van der Waals surface area contributed by atoms with E-state index in [4.69, 9.17) is 5.73 Å². The van der Waals surface area contributed by atoms with Gasteiger partial charge < -0.3 is 11.1 Å². The second-order valence-corrected chi connectivity index (χ2v) is 5.46. The van der Waals surface area contributed by atoms with Crippen LogP contribution in [0.4, 0.5) is 5.69 Å². The number of halogens is 1. The van der Waals surface area contributed by atoms with Gasteiger partial charge in [0.05, 0.1) is 5.41 Å². The van der Waals surface area contributed by atoms with Crippen molar-refractivity contribution in [3.05, 3.63) is 29.3 Å². The fourth-order valence-corrected chi connectivity index (χ4v) is 2.70. The van der Waals surface area contributed by atoms with E-state index in [2.05, 4.69) is 11.4 Å². The lowest BCUT2D eigenvalue weighted by Gasteiger charge is -2.26. The zero-order valence-corrected chi connectivity index (χ0v) is 12.5. The van der Waals surface area contributed by atoms with Gasteiger partial charge in [-0.1, -0.05) is 25.0 Å². The van der Waals surface area contributed by atoms with E-state index in [0.717, 1.165) is 42.5 Å². The predicted molar refractivity (Wildman–Crippen MR) is 81.7 cm³/mol. The maximum Gasteiger partial charge on any atom is 0.231 e. The van der Waals surface area contributed by atoms with Crippen LogP contribution in [0.3, 0.4) is 0 Å². The molecule has 1 aromatic rings. The molecule has 0 saturated heterocycles. The summed E-state index contributed by atoms with van der Waals surface area (Å²) in [5.41, 5.74) is 8.66. The lowest BCUT2D eigenvalue weighted by atomic mass is 9.85. The van der Waals surface area contributed by atoms with Gasteiger partial charge in [-0.15, -0.1) is 12.4 Å². The number of carbonyl (C=O) groups excluding carboxylic acids is 1. The number of nitrogens with two attached hydrogens (primary N) is 1. The Morgan fingerprint density at radius 2 is 1.95 bits per heavy atom. The third kappa shape index (κ3) is 3.28. The van der Waals surface area contributed by atoms with Gasteiger partial charge in [0.25, 0.3) is 0 Å². The summed E-state index contributed by atoms with van der Waals surface area (Å²) in [6, 6.07) is 6.11. The molecule has 0 bridgehead atoms. The molecule has 0 atom stereocenters. The van der Waals surface area contributed by atoms with Crippen LogP contribution in [0.2, 0.25) is 0 Å². The molecule has 0 heterocycles. The lowest BCUT2D eigenvalue weighted by molar-refractivity contribution is -0.124. The van der Waals surface area contributed by atoms with Gasteiger partial charge in [0.15, 0.2) is 0 Å². The van der Waals surface area contributed by atoms with Crippen LogP contribution in [0.5, 0.6) is 0 Å². The molecule has 3 N–H and O–H groups in total. The van der Waals surface area contributed by atoms with Crippen LogP contribution < -0.4 is 11.1 Å². The fourth-order valence-electron chi connectivity index (χ4n) is 2.70. The first-order valence-corrected chi connectivity index (χ1v) is 6.66. The SMILES string of the molecule is Cc1ccc(C)c(NC(=O)C2(CN)CCCC2)c1.Cl. The summed E-state index contributed by atoms with van der Waals surface area (Å²) in [6.07, 6.45) is 4.05. The predicted octanol–water partition coefficient (Wildman–Crippen LogP) is 3.18. The summed E-state index contributed by atoms with van der Waals surface area (Å²) in [4.78, 5) is 12.4. The van der Waals surface area contributed by atoms with Crippen LogP contribution in [0.1, 0.15) is 36.8 Å². The highest BCUT2D eigenvalue weighted by atomic mass is 35.5. The second kappa shape index (κ2) is 6.40. The maximum atomic E-state index is 12.4. The van der Waals surface area contributed by atoms with E-state index in [9.17, 15) is 4.79 Å². The average Bonchev–Trinajstić information content (AvgIpc) is 2.84. The van der Waals surface area contributed by atoms with Crippen LogP contribution in [0.15, 0.2) is 18.2 Å². The van der Waals surface area contributed by atoms with Crippen LogP contribution >= 0.6 is 12.4 Å². The first kappa shape index (κ1) is 16.0. The Hall–Kier alpha value is -1.06. The second-order valence-electron chi connectivity index (χ2n) is 5.46. The number of anilines is 1. The molecule has 1 saturated carbocycles. The highest BCUT2D eigenvalue weighted by molar-refractivity contribution is 5.96. The zero-order valence-electron chi connectivity index (χ0n) is 11.7. The molecule has 0 radical (unpaired) electrons. The summed E-state index contributed by atoms with van der Waals surface area (Å²) in [5.74, 6) is 0.0937. The monoisotopic (exact) mass is 282 g/mol. The Morgan fingerprint density at radius 1 is 1.32 bits per heavy atom. The van der Waals surface area contributed by atoms with Gasteiger partial charge in [0.2, 0.25) is 5.91 Å². The summed E-state index contributed by atoms with van der Waals surface area (Å²) < 4.78 is 0. The molecule has 0 unspecified atom stereocenters. The highest BCUT2D eigenvalue weighted by Crippen LogP contribution is 2.38. The Kier molecular flexibility index (Phi) is 5.39. The molecule has 1 aromatic carbocycles. The molecule has 3 nitrogen and oxygen atoms in total. The van der Waals surface area contributed by atoms with Crippen molar-refractivity contribution in [1.29, 1.82) is 0 Å². The summed E-state index contributed by atoms with van der Waals surface area (Å²) in [7, 11) is 0. The van der Waals surface area contributed by atoms with Gasteiger partial charge in [-0.3, -0.25) is 4.79 Å². The number of amides is 1. The van der Waals surface area contributed by atoms with E-state index in [1.807, 2.05) is 26.0 Å². The van der Waals surface area contributed by atoms with Crippen LogP contribution in [0, 0.1) is 19.3 Å². The lowest BCUT2D eigenvalue weighted by Crippen LogP contribution is -2.40. The highest BCUT2D eigenvalue weighted by Gasteiger charge is 2.39. The number of rotatable bonds is 3. The third-order valence-electron chi connectivity index (χ3n) is 4.07. The zero-order chi connectivity index (χ0) is 13.2. The molecule has 19 heavy (non-hydrogen) atoms. The molecule has 1 aliphatic rings. The van der Waals surface area contributed by atoms with Gasteiger partial charge in [-0.25, -0.2) is 0 Å². The van der Waals surface area contributed by atoms with Crippen molar-refractivity contribution in [2.24, 2.45) is 11.1 Å². The van der Waals surface area contributed by atoms with Gasteiger partial charge >= 0.3 is 0 Å². The van der Waals surface area contributed by atoms with E-state index < -0.39 is 0 Å². The first-order valence-electron chi connectivity index (χ1n) is 6.66. The Labute approximate surface area is 121 Å². The van der Waals surface area contributed by atoms with Crippen LogP contribution in [-0.2, 0) is 4.79 Å². The van der Waals surface area contributed by atoms with Gasteiger partial charge in [-0.2, -0.15) is 0 Å². The van der Waals surface area contributed by atoms with Crippen molar-refractivity contribution < 1.29 is 4.79 Å². The first-order chi connectivity index (χ1) is 8.57. The minimum atomic E-state index is -0.337. The summed E-state index contributed by atoms with van der Waals surface area (Å²) >= 11 is 0. The van der Waals surface area contributed by atoms with E-state index in [1.165, 1.54) is 0 Å². The molecule has 1 fully saturated rings. The molecule has 1 aliphatic carbocycles. The molecule has 106 valence electrons. The quantitative estimate of drug-likeness (QED) is 0.895. The van der Waals surface area contributed by atoms with Gasteiger partial charge in [0, 0.05) is 12.2 Å². The molecule has 0 aromatic heterocycles. The minimum Gasteiger partial charge on any atom is -0.329 e. The van der Waals surface area contributed by atoms with Crippen molar-refractivity contribution in [2.75, 3.05) is 11.9 Å². The summed E-state index contributed by atoms with van der Waals surface area (Å²) in [6.45, 7) is 4.49. The molecule has 2 rings (SSSR count). The Bertz CT molecular complexity index is 453. The summed E-state index contributed by atoms with van der Waals surface area (Å²) in [5, 5.41) is 3.07. The molecular weight excluding hydrogens is 260 g/mol. The number of aryl methyl sites for hydroxylation is 2. The van der Waals surface area contributed by atoms with Crippen molar-refractivity contribution in [3.63, 3.8) is 0 Å². The standard InChI is InChI=1S/C15H22N2O.ClH/c1-11-5-6-12(2)13(9-11)17-14(18)15(10-16)7-3-4-8-15;/h5-6,9H,3-4,7-8,10,16H2,1-2H3,(H,17,18);1H. The Morgan fingerprint density at radius 3 is 2.53 bits per heavy atom.